The maximum absolute atomic E-state index is 12.8. The molecule has 3 aromatic rings. The SMILES string of the molecule is O=C(CCn1cnc2ccccc2c1=O)OCc1cccc(S(=O)(=O)N2CCOCC2)c1. The minimum atomic E-state index is -3.62. The van der Waals surface area contributed by atoms with Gasteiger partial charge in [-0.1, -0.05) is 24.3 Å². The summed E-state index contributed by atoms with van der Waals surface area (Å²) in [7, 11) is -3.62. The zero-order valence-electron chi connectivity index (χ0n) is 17.3. The summed E-state index contributed by atoms with van der Waals surface area (Å²) in [5, 5.41) is 0.488. The number of benzene rings is 2. The lowest BCUT2D eigenvalue weighted by molar-refractivity contribution is -0.145. The van der Waals surface area contributed by atoms with Gasteiger partial charge in [0.05, 0.1) is 41.8 Å². The number of hydrogen-bond acceptors (Lipinski definition) is 7. The number of esters is 1. The van der Waals surface area contributed by atoms with E-state index in [1.165, 1.54) is 27.3 Å². The first-order valence-corrected chi connectivity index (χ1v) is 11.7. The quantitative estimate of drug-likeness (QED) is 0.496. The lowest BCUT2D eigenvalue weighted by atomic mass is 10.2. The molecule has 0 unspecified atom stereocenters. The molecule has 0 aliphatic carbocycles. The van der Waals surface area contributed by atoms with Gasteiger partial charge in [0, 0.05) is 19.6 Å². The summed E-state index contributed by atoms with van der Waals surface area (Å²) in [5.74, 6) is -0.494. The van der Waals surface area contributed by atoms with E-state index in [-0.39, 0.29) is 30.0 Å². The number of carbonyl (C=O) groups is 1. The molecular formula is C22H23N3O6S. The number of aromatic nitrogens is 2. The first-order valence-electron chi connectivity index (χ1n) is 10.2. The van der Waals surface area contributed by atoms with Crippen molar-refractivity contribution in [1.29, 1.82) is 0 Å². The van der Waals surface area contributed by atoms with Crippen molar-refractivity contribution in [3.8, 4) is 0 Å². The second kappa shape index (κ2) is 9.60. The Morgan fingerprint density at radius 2 is 1.88 bits per heavy atom. The molecule has 0 saturated carbocycles. The van der Waals surface area contributed by atoms with E-state index in [9.17, 15) is 18.0 Å². The first kappa shape index (κ1) is 22.1. The second-order valence-electron chi connectivity index (χ2n) is 7.33. The fourth-order valence-electron chi connectivity index (χ4n) is 3.44. The van der Waals surface area contributed by atoms with Gasteiger partial charge in [0.25, 0.3) is 5.56 Å². The van der Waals surface area contributed by atoms with Crippen LogP contribution < -0.4 is 5.56 Å². The first-order chi connectivity index (χ1) is 15.4. The highest BCUT2D eigenvalue weighted by Crippen LogP contribution is 2.19. The molecule has 2 heterocycles. The van der Waals surface area contributed by atoms with Crippen LogP contribution in [-0.2, 0) is 37.4 Å². The maximum Gasteiger partial charge on any atom is 0.307 e. The highest BCUT2D eigenvalue weighted by atomic mass is 32.2. The third-order valence-corrected chi connectivity index (χ3v) is 7.09. The lowest BCUT2D eigenvalue weighted by Crippen LogP contribution is -2.40. The van der Waals surface area contributed by atoms with E-state index < -0.39 is 16.0 Å². The van der Waals surface area contributed by atoms with Gasteiger partial charge in [0.2, 0.25) is 10.0 Å². The number of morpholine rings is 1. The Bertz CT molecular complexity index is 1280. The van der Waals surface area contributed by atoms with Crippen LogP contribution in [0.25, 0.3) is 10.9 Å². The number of carbonyl (C=O) groups excluding carboxylic acids is 1. The number of aryl methyl sites for hydroxylation is 1. The predicted molar refractivity (Wildman–Crippen MR) is 116 cm³/mol. The normalized spacial score (nSPS) is 15.0. The van der Waals surface area contributed by atoms with Crippen molar-refractivity contribution in [2.75, 3.05) is 26.3 Å². The number of sulfonamides is 1. The Hall–Kier alpha value is -3.08. The van der Waals surface area contributed by atoms with Crippen molar-refractivity contribution >= 4 is 26.9 Å². The number of rotatable bonds is 7. The van der Waals surface area contributed by atoms with Crippen LogP contribution in [0.2, 0.25) is 0 Å². The zero-order valence-corrected chi connectivity index (χ0v) is 18.2. The van der Waals surface area contributed by atoms with Crippen LogP contribution in [0.15, 0.2) is 64.5 Å². The Balaban J connectivity index is 1.36. The molecular weight excluding hydrogens is 434 g/mol. The summed E-state index contributed by atoms with van der Waals surface area (Å²) in [6, 6.07) is 13.4. The maximum atomic E-state index is 12.8. The number of fused-ring (bicyclic) bond motifs is 1. The lowest BCUT2D eigenvalue weighted by Gasteiger charge is -2.26. The molecule has 1 aliphatic heterocycles. The molecule has 32 heavy (non-hydrogen) atoms. The summed E-state index contributed by atoms with van der Waals surface area (Å²) in [4.78, 5) is 29.1. The summed E-state index contributed by atoms with van der Waals surface area (Å²) >= 11 is 0. The molecule has 1 fully saturated rings. The van der Waals surface area contributed by atoms with Crippen LogP contribution in [0.1, 0.15) is 12.0 Å². The highest BCUT2D eigenvalue weighted by molar-refractivity contribution is 7.89. The van der Waals surface area contributed by atoms with Gasteiger partial charge in [-0.05, 0) is 29.8 Å². The number of hydrogen-bond donors (Lipinski definition) is 0. The molecule has 1 aliphatic rings. The van der Waals surface area contributed by atoms with Crippen molar-refractivity contribution in [3.63, 3.8) is 0 Å². The van der Waals surface area contributed by atoms with Crippen LogP contribution in [0.5, 0.6) is 0 Å². The average molecular weight is 458 g/mol. The number of ether oxygens (including phenoxy) is 2. The molecule has 2 aromatic carbocycles. The largest absolute Gasteiger partial charge is 0.461 e. The third-order valence-electron chi connectivity index (χ3n) is 5.19. The van der Waals surface area contributed by atoms with Crippen molar-refractivity contribution < 1.29 is 22.7 Å². The summed E-state index contributed by atoms with van der Waals surface area (Å²) in [6.45, 7) is 1.44. The second-order valence-corrected chi connectivity index (χ2v) is 9.27. The van der Waals surface area contributed by atoms with E-state index in [1.54, 1.807) is 36.4 Å². The molecule has 0 N–H and O–H groups in total. The Kier molecular flexibility index (Phi) is 6.63. The van der Waals surface area contributed by atoms with E-state index >= 15 is 0 Å². The topological polar surface area (TPSA) is 108 Å². The monoisotopic (exact) mass is 457 g/mol. The smallest absolute Gasteiger partial charge is 0.307 e. The highest BCUT2D eigenvalue weighted by Gasteiger charge is 2.26. The van der Waals surface area contributed by atoms with E-state index in [1.807, 2.05) is 0 Å². The standard InChI is InChI=1S/C22H23N3O6S/c26-21(8-9-24-16-23-20-7-2-1-6-19(20)22(24)27)31-15-17-4-3-5-18(14-17)32(28,29)25-10-12-30-13-11-25/h1-7,14,16H,8-13,15H2. The van der Waals surface area contributed by atoms with Gasteiger partial charge in [0.1, 0.15) is 6.61 Å². The molecule has 0 spiro atoms. The molecule has 1 aromatic heterocycles. The molecule has 1 saturated heterocycles. The Morgan fingerprint density at radius 1 is 1.09 bits per heavy atom. The summed E-state index contributed by atoms with van der Waals surface area (Å²) in [6.07, 6.45) is 1.41. The van der Waals surface area contributed by atoms with E-state index in [0.717, 1.165) is 0 Å². The summed E-state index contributed by atoms with van der Waals surface area (Å²) < 4.78 is 38.8. The number of nitrogens with zero attached hydrogens (tertiary/aromatic N) is 3. The van der Waals surface area contributed by atoms with Crippen LogP contribution in [0.3, 0.4) is 0 Å². The van der Waals surface area contributed by atoms with Crippen LogP contribution in [0.4, 0.5) is 0 Å². The minimum Gasteiger partial charge on any atom is -0.461 e. The van der Waals surface area contributed by atoms with Crippen molar-refractivity contribution in [1.82, 2.24) is 13.9 Å². The van der Waals surface area contributed by atoms with Crippen LogP contribution in [0, 0.1) is 0 Å². The van der Waals surface area contributed by atoms with Crippen LogP contribution >= 0.6 is 0 Å². The van der Waals surface area contributed by atoms with Crippen molar-refractivity contribution in [2.45, 2.75) is 24.5 Å². The molecule has 168 valence electrons. The Labute approximate surface area is 185 Å². The Morgan fingerprint density at radius 3 is 2.69 bits per heavy atom. The molecule has 10 heteroatoms. The molecule has 9 nitrogen and oxygen atoms in total. The van der Waals surface area contributed by atoms with Crippen molar-refractivity contribution in [3.05, 3.63) is 70.8 Å². The van der Waals surface area contributed by atoms with Crippen molar-refractivity contribution in [2.24, 2.45) is 0 Å². The fourth-order valence-corrected chi connectivity index (χ4v) is 4.92. The van der Waals surface area contributed by atoms with E-state index in [2.05, 4.69) is 4.98 Å². The fraction of sp³-hybridized carbons (Fsp3) is 0.318. The van der Waals surface area contributed by atoms with Gasteiger partial charge >= 0.3 is 5.97 Å². The molecule has 0 amide bonds. The van der Waals surface area contributed by atoms with Gasteiger partial charge in [-0.15, -0.1) is 0 Å². The molecule has 0 atom stereocenters. The molecule has 0 bridgehead atoms. The average Bonchev–Trinajstić information content (AvgIpc) is 2.83. The number of para-hydroxylation sites is 1. The molecule has 0 radical (unpaired) electrons. The summed E-state index contributed by atoms with van der Waals surface area (Å²) in [5.41, 5.74) is 0.949. The van der Waals surface area contributed by atoms with Gasteiger partial charge in [-0.3, -0.25) is 14.2 Å². The van der Waals surface area contributed by atoms with Gasteiger partial charge in [-0.25, -0.2) is 13.4 Å². The van der Waals surface area contributed by atoms with Gasteiger partial charge < -0.3 is 9.47 Å². The predicted octanol–water partition coefficient (Wildman–Crippen LogP) is 1.55. The van der Waals surface area contributed by atoms with E-state index in [4.69, 9.17) is 9.47 Å². The van der Waals surface area contributed by atoms with Gasteiger partial charge in [-0.2, -0.15) is 4.31 Å². The molecule has 4 rings (SSSR count). The van der Waals surface area contributed by atoms with E-state index in [0.29, 0.717) is 42.8 Å². The zero-order chi connectivity index (χ0) is 22.6. The third kappa shape index (κ3) is 4.87. The minimum absolute atomic E-state index is 0.00824. The van der Waals surface area contributed by atoms with Gasteiger partial charge in [0.15, 0.2) is 0 Å². The van der Waals surface area contributed by atoms with Crippen LogP contribution in [-0.4, -0.2) is 54.5 Å².